The number of hydrogen-bond donors (Lipinski definition) is 1. The van der Waals surface area contributed by atoms with Gasteiger partial charge in [0.25, 0.3) is 0 Å². The van der Waals surface area contributed by atoms with Gasteiger partial charge in [-0.1, -0.05) is 29.3 Å². The van der Waals surface area contributed by atoms with Gasteiger partial charge >= 0.3 is 5.97 Å². The molecular weight excluding hydrogens is 325 g/mol. The third-order valence-electron chi connectivity index (χ3n) is 4.64. The number of amides is 1. The fourth-order valence-corrected chi connectivity index (χ4v) is 3.47. The molecule has 118 valence electrons. The predicted octanol–water partition coefficient (Wildman–Crippen LogP) is 3.42. The van der Waals surface area contributed by atoms with Crippen LogP contribution in [0.25, 0.3) is 0 Å². The monoisotopic (exact) mass is 341 g/mol. The molecule has 1 aromatic rings. The Morgan fingerprint density at radius 2 is 1.82 bits per heavy atom. The molecule has 22 heavy (non-hydrogen) atoms. The van der Waals surface area contributed by atoms with Crippen LogP contribution in [0.3, 0.4) is 0 Å². The molecule has 4 nitrogen and oxygen atoms in total. The zero-order chi connectivity index (χ0) is 15.9. The average molecular weight is 342 g/mol. The molecule has 1 heterocycles. The highest BCUT2D eigenvalue weighted by molar-refractivity contribution is 6.42. The second-order valence-corrected chi connectivity index (χ2v) is 6.87. The van der Waals surface area contributed by atoms with E-state index in [-0.39, 0.29) is 23.7 Å². The van der Waals surface area contributed by atoms with Crippen molar-refractivity contribution in [3.63, 3.8) is 0 Å². The van der Waals surface area contributed by atoms with E-state index in [4.69, 9.17) is 28.3 Å². The lowest BCUT2D eigenvalue weighted by Gasteiger charge is -2.30. The highest BCUT2D eigenvalue weighted by atomic mass is 35.5. The Morgan fingerprint density at radius 3 is 2.41 bits per heavy atom. The minimum Gasteiger partial charge on any atom is -0.481 e. The average Bonchev–Trinajstić information content (AvgIpc) is 3.30. The van der Waals surface area contributed by atoms with E-state index in [2.05, 4.69) is 0 Å². The molecule has 3 rings (SSSR count). The Labute approximate surface area is 139 Å². The molecule has 1 aliphatic carbocycles. The fourth-order valence-electron chi connectivity index (χ4n) is 3.16. The molecule has 0 spiro atoms. The van der Waals surface area contributed by atoms with Crippen LogP contribution in [0.4, 0.5) is 0 Å². The summed E-state index contributed by atoms with van der Waals surface area (Å²) in [6, 6.07) is 5.51. The molecule has 6 heteroatoms. The maximum absolute atomic E-state index is 12.5. The lowest BCUT2D eigenvalue weighted by Crippen LogP contribution is -2.41. The number of carboxylic acid groups (broad SMARTS) is 1. The van der Waals surface area contributed by atoms with Crippen molar-refractivity contribution in [2.24, 2.45) is 11.8 Å². The Kier molecular flexibility index (Phi) is 4.33. The van der Waals surface area contributed by atoms with Crippen LogP contribution in [-0.2, 0) is 9.59 Å². The van der Waals surface area contributed by atoms with Crippen molar-refractivity contribution < 1.29 is 14.7 Å². The van der Waals surface area contributed by atoms with Gasteiger partial charge in [0.15, 0.2) is 0 Å². The van der Waals surface area contributed by atoms with E-state index >= 15 is 0 Å². The predicted molar refractivity (Wildman–Crippen MR) is 84.2 cm³/mol. The number of benzene rings is 1. The summed E-state index contributed by atoms with van der Waals surface area (Å²) in [5.41, 5.74) is 1.05. The highest BCUT2D eigenvalue weighted by Crippen LogP contribution is 2.49. The number of nitrogens with zero attached hydrogens (tertiary/aromatic N) is 1. The van der Waals surface area contributed by atoms with Crippen molar-refractivity contribution in [1.29, 1.82) is 0 Å². The molecule has 1 aliphatic heterocycles. The highest BCUT2D eigenvalue weighted by Gasteiger charge is 2.46. The first kappa shape index (κ1) is 15.6. The summed E-state index contributed by atoms with van der Waals surface area (Å²) in [6.07, 6.45) is 1.92. The number of halogens is 2. The zero-order valence-electron chi connectivity index (χ0n) is 12.0. The first-order valence-electron chi connectivity index (χ1n) is 7.44. The standard InChI is InChI=1S/C16H17Cl2NO3/c17-13-2-1-10(7-14(13)18)11-8-12(11)15(20)19-5-3-9(4-6-19)16(21)22/h1-2,7,9,11-12H,3-6,8H2,(H,21,22)/t11-,12+/m1/s1. The molecule has 1 saturated carbocycles. The molecule has 1 saturated heterocycles. The van der Waals surface area contributed by atoms with E-state index in [9.17, 15) is 9.59 Å². The van der Waals surface area contributed by atoms with Crippen LogP contribution in [0.5, 0.6) is 0 Å². The zero-order valence-corrected chi connectivity index (χ0v) is 13.5. The number of hydrogen-bond acceptors (Lipinski definition) is 2. The summed E-state index contributed by atoms with van der Waals surface area (Å²) in [6.45, 7) is 1.08. The van der Waals surface area contributed by atoms with Crippen LogP contribution < -0.4 is 0 Å². The summed E-state index contributed by atoms with van der Waals surface area (Å²) in [5, 5.41) is 10.0. The van der Waals surface area contributed by atoms with Crippen LogP contribution in [0.2, 0.25) is 10.0 Å². The van der Waals surface area contributed by atoms with Gasteiger partial charge in [-0.3, -0.25) is 9.59 Å². The number of likely N-dealkylation sites (tertiary alicyclic amines) is 1. The molecule has 0 aromatic heterocycles. The van der Waals surface area contributed by atoms with Crippen molar-refractivity contribution in [2.75, 3.05) is 13.1 Å². The van der Waals surface area contributed by atoms with Gasteiger partial charge in [0.2, 0.25) is 5.91 Å². The van der Waals surface area contributed by atoms with Crippen molar-refractivity contribution in [3.8, 4) is 0 Å². The molecule has 0 bridgehead atoms. The van der Waals surface area contributed by atoms with Gasteiger partial charge in [-0.15, -0.1) is 0 Å². The minimum atomic E-state index is -0.757. The fraction of sp³-hybridized carbons (Fsp3) is 0.500. The van der Waals surface area contributed by atoms with Gasteiger partial charge in [-0.2, -0.15) is 0 Å². The van der Waals surface area contributed by atoms with E-state index < -0.39 is 5.97 Å². The Hall–Kier alpha value is -1.26. The van der Waals surface area contributed by atoms with Gasteiger partial charge in [0.05, 0.1) is 16.0 Å². The molecule has 1 amide bonds. The van der Waals surface area contributed by atoms with Crippen LogP contribution in [0.1, 0.15) is 30.7 Å². The number of aliphatic carboxylic acids is 1. The Bertz CT molecular complexity index is 611. The van der Waals surface area contributed by atoms with Gasteiger partial charge in [-0.05, 0) is 42.9 Å². The third kappa shape index (κ3) is 3.08. The maximum atomic E-state index is 12.5. The lowest BCUT2D eigenvalue weighted by atomic mass is 9.96. The number of carboxylic acids is 1. The number of carbonyl (C=O) groups is 2. The van der Waals surface area contributed by atoms with Gasteiger partial charge in [0, 0.05) is 19.0 Å². The maximum Gasteiger partial charge on any atom is 0.306 e. The molecule has 1 aromatic carbocycles. The summed E-state index contributed by atoms with van der Waals surface area (Å²) >= 11 is 11.9. The molecule has 2 aliphatic rings. The first-order valence-corrected chi connectivity index (χ1v) is 8.19. The van der Waals surface area contributed by atoms with Gasteiger partial charge < -0.3 is 10.0 Å². The summed E-state index contributed by atoms with van der Waals surface area (Å²) < 4.78 is 0. The van der Waals surface area contributed by atoms with E-state index in [1.54, 1.807) is 6.07 Å². The van der Waals surface area contributed by atoms with Crippen LogP contribution in [0, 0.1) is 11.8 Å². The second-order valence-electron chi connectivity index (χ2n) is 6.06. The third-order valence-corrected chi connectivity index (χ3v) is 5.37. The van der Waals surface area contributed by atoms with E-state index in [0.717, 1.165) is 12.0 Å². The molecule has 2 fully saturated rings. The Balaban J connectivity index is 1.59. The van der Waals surface area contributed by atoms with Crippen LogP contribution in [0.15, 0.2) is 18.2 Å². The topological polar surface area (TPSA) is 57.6 Å². The van der Waals surface area contributed by atoms with Crippen LogP contribution >= 0.6 is 23.2 Å². The number of carbonyl (C=O) groups excluding carboxylic acids is 1. The van der Waals surface area contributed by atoms with E-state index in [0.29, 0.717) is 36.0 Å². The van der Waals surface area contributed by atoms with Gasteiger partial charge in [-0.25, -0.2) is 0 Å². The molecule has 2 atom stereocenters. The lowest BCUT2D eigenvalue weighted by molar-refractivity contribution is -0.146. The SMILES string of the molecule is O=C(O)C1CCN(C(=O)[C@H]2C[C@@H]2c2ccc(Cl)c(Cl)c2)CC1. The van der Waals surface area contributed by atoms with E-state index in [1.165, 1.54) is 0 Å². The Morgan fingerprint density at radius 1 is 1.14 bits per heavy atom. The largest absolute Gasteiger partial charge is 0.481 e. The smallest absolute Gasteiger partial charge is 0.306 e. The number of rotatable bonds is 3. The first-order chi connectivity index (χ1) is 10.5. The summed E-state index contributed by atoms with van der Waals surface area (Å²) in [7, 11) is 0. The van der Waals surface area contributed by atoms with E-state index in [1.807, 2.05) is 17.0 Å². The molecule has 0 radical (unpaired) electrons. The quantitative estimate of drug-likeness (QED) is 0.916. The van der Waals surface area contributed by atoms with Crippen molar-refractivity contribution in [3.05, 3.63) is 33.8 Å². The van der Waals surface area contributed by atoms with Crippen molar-refractivity contribution in [1.82, 2.24) is 4.90 Å². The number of piperidine rings is 1. The summed E-state index contributed by atoms with van der Waals surface area (Å²) in [5.74, 6) is -0.723. The second kappa shape index (κ2) is 6.09. The van der Waals surface area contributed by atoms with Crippen LogP contribution in [-0.4, -0.2) is 35.0 Å². The summed E-state index contributed by atoms with van der Waals surface area (Å²) in [4.78, 5) is 25.2. The molecular formula is C16H17Cl2NO3. The van der Waals surface area contributed by atoms with Crippen molar-refractivity contribution >= 4 is 35.1 Å². The normalized spacial score (nSPS) is 25.1. The minimum absolute atomic E-state index is 0.00128. The van der Waals surface area contributed by atoms with Gasteiger partial charge in [0.1, 0.15) is 0 Å². The van der Waals surface area contributed by atoms with Crippen molar-refractivity contribution in [2.45, 2.75) is 25.2 Å². The molecule has 1 N–H and O–H groups in total. The molecule has 0 unspecified atom stereocenters.